The van der Waals surface area contributed by atoms with Crippen LogP contribution in [0.2, 0.25) is 0 Å². The van der Waals surface area contributed by atoms with E-state index in [1.807, 2.05) is 13.8 Å². The second-order valence-electron chi connectivity index (χ2n) is 4.06. The molecule has 0 spiro atoms. The third-order valence-corrected chi connectivity index (χ3v) is 3.92. The molecule has 0 radical (unpaired) electrons. The molecule has 0 heterocycles. The number of nitrogens with zero attached hydrogens (tertiary/aromatic N) is 1. The van der Waals surface area contributed by atoms with E-state index in [0.717, 1.165) is 4.31 Å². The maximum absolute atomic E-state index is 11.7. The van der Waals surface area contributed by atoms with E-state index in [1.165, 1.54) is 7.05 Å². The van der Waals surface area contributed by atoms with Crippen LogP contribution in [0.5, 0.6) is 0 Å². The second kappa shape index (κ2) is 6.85. The Balaban J connectivity index is 4.24. The third-order valence-electron chi connectivity index (χ3n) is 2.09. The lowest BCUT2D eigenvalue weighted by atomic mass is 10.2. The predicted molar refractivity (Wildman–Crippen MR) is 62.5 cm³/mol. The molecule has 0 aliphatic carbocycles. The normalized spacial score (nSPS) is 12.1. The predicted octanol–water partition coefficient (Wildman–Crippen LogP) is 0.857. The van der Waals surface area contributed by atoms with Crippen molar-refractivity contribution < 1.29 is 17.9 Å². The molecule has 0 saturated carbocycles. The van der Waals surface area contributed by atoms with Gasteiger partial charge in [-0.1, -0.05) is 13.8 Å². The Morgan fingerprint density at radius 1 is 1.38 bits per heavy atom. The zero-order chi connectivity index (χ0) is 12.8. The van der Waals surface area contributed by atoms with Gasteiger partial charge in [0.25, 0.3) is 0 Å². The first-order valence-electron chi connectivity index (χ1n) is 5.39. The maximum Gasteiger partial charge on any atom is 0.321 e. The SMILES string of the molecule is CCOC(=O)CN(C)S(=O)(=O)CCC(C)C. The van der Waals surface area contributed by atoms with Gasteiger partial charge in [0.05, 0.1) is 12.4 Å². The van der Waals surface area contributed by atoms with Crippen LogP contribution in [0.4, 0.5) is 0 Å². The van der Waals surface area contributed by atoms with Crippen LogP contribution in [0.15, 0.2) is 0 Å². The third kappa shape index (κ3) is 6.07. The van der Waals surface area contributed by atoms with Gasteiger partial charge in [-0.15, -0.1) is 0 Å². The van der Waals surface area contributed by atoms with Crippen LogP contribution in [-0.2, 0) is 19.6 Å². The number of carbonyl (C=O) groups excluding carboxylic acids is 1. The van der Waals surface area contributed by atoms with Crippen LogP contribution >= 0.6 is 0 Å². The van der Waals surface area contributed by atoms with Gasteiger partial charge in [-0.05, 0) is 19.3 Å². The van der Waals surface area contributed by atoms with Crippen LogP contribution in [0.25, 0.3) is 0 Å². The van der Waals surface area contributed by atoms with Gasteiger partial charge in [0.1, 0.15) is 6.54 Å². The van der Waals surface area contributed by atoms with Gasteiger partial charge in [-0.25, -0.2) is 8.42 Å². The molecule has 0 fully saturated rings. The molecule has 6 heteroatoms. The highest BCUT2D eigenvalue weighted by atomic mass is 32.2. The van der Waals surface area contributed by atoms with Crippen molar-refractivity contribution >= 4 is 16.0 Å². The van der Waals surface area contributed by atoms with E-state index in [4.69, 9.17) is 0 Å². The molecule has 0 bridgehead atoms. The Bertz CT molecular complexity index is 311. The van der Waals surface area contributed by atoms with E-state index in [2.05, 4.69) is 4.74 Å². The lowest BCUT2D eigenvalue weighted by Gasteiger charge is -2.16. The molecule has 5 nitrogen and oxygen atoms in total. The van der Waals surface area contributed by atoms with Crippen molar-refractivity contribution in [3.05, 3.63) is 0 Å². The van der Waals surface area contributed by atoms with E-state index >= 15 is 0 Å². The van der Waals surface area contributed by atoms with Crippen LogP contribution in [0.3, 0.4) is 0 Å². The fourth-order valence-electron chi connectivity index (χ4n) is 1.03. The van der Waals surface area contributed by atoms with E-state index < -0.39 is 16.0 Å². The zero-order valence-corrected chi connectivity index (χ0v) is 11.2. The summed E-state index contributed by atoms with van der Waals surface area (Å²) in [6.07, 6.45) is 0.593. The molecule has 0 aromatic rings. The average Bonchev–Trinajstić information content (AvgIpc) is 2.15. The number of likely N-dealkylation sites (N-methyl/N-ethyl adjacent to an activating group) is 1. The van der Waals surface area contributed by atoms with Crippen molar-refractivity contribution in [3.8, 4) is 0 Å². The van der Waals surface area contributed by atoms with E-state index in [0.29, 0.717) is 12.3 Å². The number of sulfonamides is 1. The van der Waals surface area contributed by atoms with Gasteiger partial charge in [-0.3, -0.25) is 4.79 Å². The molecular weight excluding hydrogens is 230 g/mol. The minimum absolute atomic E-state index is 0.0700. The minimum atomic E-state index is -3.34. The molecule has 0 N–H and O–H groups in total. The van der Waals surface area contributed by atoms with E-state index in [1.54, 1.807) is 6.92 Å². The zero-order valence-electron chi connectivity index (χ0n) is 10.4. The summed E-state index contributed by atoms with van der Waals surface area (Å²) in [4.78, 5) is 11.1. The molecule has 0 atom stereocenters. The van der Waals surface area contributed by atoms with E-state index in [9.17, 15) is 13.2 Å². The molecule has 16 heavy (non-hydrogen) atoms. The van der Waals surface area contributed by atoms with Gasteiger partial charge < -0.3 is 4.74 Å². The molecule has 0 rings (SSSR count). The van der Waals surface area contributed by atoms with Crippen LogP contribution in [0.1, 0.15) is 27.2 Å². The summed E-state index contributed by atoms with van der Waals surface area (Å²) < 4.78 is 29.1. The summed E-state index contributed by atoms with van der Waals surface area (Å²) in [6.45, 7) is 5.65. The highest BCUT2D eigenvalue weighted by Gasteiger charge is 2.20. The van der Waals surface area contributed by atoms with Crippen molar-refractivity contribution in [1.29, 1.82) is 0 Å². The maximum atomic E-state index is 11.7. The number of hydrogen-bond donors (Lipinski definition) is 0. The lowest BCUT2D eigenvalue weighted by molar-refractivity contribution is -0.143. The van der Waals surface area contributed by atoms with Crippen molar-refractivity contribution in [2.24, 2.45) is 5.92 Å². The molecule has 0 aliphatic heterocycles. The van der Waals surface area contributed by atoms with Crippen LogP contribution < -0.4 is 0 Å². The van der Waals surface area contributed by atoms with Crippen molar-refractivity contribution in [2.45, 2.75) is 27.2 Å². The van der Waals surface area contributed by atoms with Gasteiger partial charge in [-0.2, -0.15) is 4.31 Å². The average molecular weight is 251 g/mol. The van der Waals surface area contributed by atoms with Gasteiger partial charge >= 0.3 is 5.97 Å². The lowest BCUT2D eigenvalue weighted by Crippen LogP contribution is -2.35. The first-order chi connectivity index (χ1) is 7.29. The molecule has 0 aromatic carbocycles. The minimum Gasteiger partial charge on any atom is -0.465 e. The summed E-state index contributed by atoms with van der Waals surface area (Å²) in [7, 11) is -1.94. The first-order valence-corrected chi connectivity index (χ1v) is 7.00. The number of ether oxygens (including phenoxy) is 1. The van der Waals surface area contributed by atoms with Crippen molar-refractivity contribution in [1.82, 2.24) is 4.31 Å². The number of rotatable bonds is 7. The van der Waals surface area contributed by atoms with Crippen molar-refractivity contribution in [3.63, 3.8) is 0 Å². The van der Waals surface area contributed by atoms with Gasteiger partial charge in [0.15, 0.2) is 0 Å². The highest BCUT2D eigenvalue weighted by molar-refractivity contribution is 7.89. The molecular formula is C10H21NO4S. The van der Waals surface area contributed by atoms with Crippen LogP contribution in [0, 0.1) is 5.92 Å². The number of hydrogen-bond acceptors (Lipinski definition) is 4. The fourth-order valence-corrected chi connectivity index (χ4v) is 2.41. The summed E-state index contributed by atoms with van der Waals surface area (Å²) in [5, 5.41) is 0. The quantitative estimate of drug-likeness (QED) is 0.629. The molecule has 0 aromatic heterocycles. The topological polar surface area (TPSA) is 63.7 Å². The smallest absolute Gasteiger partial charge is 0.321 e. The first kappa shape index (κ1) is 15.4. The molecule has 0 aliphatic rings. The molecule has 0 saturated heterocycles. The highest BCUT2D eigenvalue weighted by Crippen LogP contribution is 2.06. The van der Waals surface area contributed by atoms with E-state index in [-0.39, 0.29) is 18.9 Å². The molecule has 0 amide bonds. The Morgan fingerprint density at radius 2 is 1.94 bits per heavy atom. The monoisotopic (exact) mass is 251 g/mol. The number of esters is 1. The Morgan fingerprint density at radius 3 is 2.38 bits per heavy atom. The molecule has 96 valence electrons. The Labute approximate surface area is 97.8 Å². The Kier molecular flexibility index (Phi) is 6.59. The fraction of sp³-hybridized carbons (Fsp3) is 0.900. The summed E-state index contributed by atoms with van der Waals surface area (Å²) in [5.74, 6) is -0.121. The van der Waals surface area contributed by atoms with Crippen LogP contribution in [-0.4, -0.2) is 44.6 Å². The summed E-state index contributed by atoms with van der Waals surface area (Å²) in [5.41, 5.74) is 0. The second-order valence-corrected chi connectivity index (χ2v) is 6.26. The summed E-state index contributed by atoms with van der Waals surface area (Å²) >= 11 is 0. The molecule has 0 unspecified atom stereocenters. The summed E-state index contributed by atoms with van der Waals surface area (Å²) in [6, 6.07) is 0. The largest absolute Gasteiger partial charge is 0.465 e. The van der Waals surface area contributed by atoms with Gasteiger partial charge in [0, 0.05) is 7.05 Å². The van der Waals surface area contributed by atoms with Crippen molar-refractivity contribution in [2.75, 3.05) is 26.0 Å². The number of carbonyl (C=O) groups is 1. The Hall–Kier alpha value is -0.620. The van der Waals surface area contributed by atoms with Gasteiger partial charge in [0.2, 0.25) is 10.0 Å². The standard InChI is InChI=1S/C10H21NO4S/c1-5-15-10(12)8-11(4)16(13,14)7-6-9(2)3/h9H,5-8H2,1-4H3.